The van der Waals surface area contributed by atoms with Gasteiger partial charge in [-0.1, -0.05) is 80.5 Å². The second kappa shape index (κ2) is 7.73. The van der Waals surface area contributed by atoms with Crippen LogP contribution in [0.3, 0.4) is 0 Å². The van der Waals surface area contributed by atoms with Crippen LogP contribution in [0.25, 0.3) is 0 Å². The molecule has 1 aromatic rings. The fraction of sp³-hybridized carbons (Fsp3) is 0.640. The van der Waals surface area contributed by atoms with Gasteiger partial charge in [0, 0.05) is 30.1 Å². The molecule has 0 radical (unpaired) electrons. The molecule has 1 fully saturated rings. The predicted molar refractivity (Wildman–Crippen MR) is 128 cm³/mol. The summed E-state index contributed by atoms with van der Waals surface area (Å²) in [7, 11) is -3.57. The number of nitrogens with one attached hydrogen (secondary N) is 1. The van der Waals surface area contributed by atoms with Gasteiger partial charge >= 0.3 is 0 Å². The second-order valence-electron chi connectivity index (χ2n) is 12.0. The van der Waals surface area contributed by atoms with Gasteiger partial charge < -0.3 is 4.90 Å². The number of fused-ring (bicyclic) bond motifs is 1. The Balaban J connectivity index is 2.06. The van der Waals surface area contributed by atoms with Gasteiger partial charge in [-0.2, -0.15) is 0 Å². The van der Waals surface area contributed by atoms with E-state index in [4.69, 9.17) is 4.99 Å². The molecule has 0 aromatic heterocycles. The first-order valence-corrected chi connectivity index (χ1v) is 12.7. The maximum atomic E-state index is 13.0. The van der Waals surface area contributed by atoms with Crippen molar-refractivity contribution in [3.63, 3.8) is 0 Å². The molecule has 1 saturated heterocycles. The lowest BCUT2D eigenvalue weighted by atomic mass is 9.70. The predicted octanol–water partition coefficient (Wildman–Crippen LogP) is 5.21. The summed E-state index contributed by atoms with van der Waals surface area (Å²) in [6.07, 6.45) is 0.681. The zero-order valence-electron chi connectivity index (χ0n) is 20.6. The van der Waals surface area contributed by atoms with E-state index in [0.717, 1.165) is 5.84 Å². The van der Waals surface area contributed by atoms with Crippen LogP contribution in [0, 0.1) is 16.2 Å². The molecule has 2 aliphatic heterocycles. The molecule has 31 heavy (non-hydrogen) atoms. The fourth-order valence-corrected chi connectivity index (χ4v) is 5.91. The molecule has 3 rings (SSSR count). The standard InChI is InChI=1S/C25H39N3O2S/c1-23(2,3)20-19-15-17(27-31(29,30)18-13-11-10-12-14-18)16-28(19)22(25(7,8)9)26-21(20)24(4,5)6/h10-14,17,21,27H,15-16H2,1-9H3. The monoisotopic (exact) mass is 445 g/mol. The molecule has 0 saturated carbocycles. The van der Waals surface area contributed by atoms with Gasteiger partial charge in [-0.3, -0.25) is 4.99 Å². The van der Waals surface area contributed by atoms with E-state index in [9.17, 15) is 8.42 Å². The molecule has 2 atom stereocenters. The number of benzene rings is 1. The van der Waals surface area contributed by atoms with Crippen molar-refractivity contribution in [3.05, 3.63) is 41.6 Å². The third kappa shape index (κ3) is 4.90. The number of aliphatic imine (C=N–C) groups is 1. The normalized spacial score (nSPS) is 23.1. The molecule has 2 aliphatic rings. The van der Waals surface area contributed by atoms with E-state index >= 15 is 0 Å². The van der Waals surface area contributed by atoms with Crippen molar-refractivity contribution in [2.45, 2.75) is 85.7 Å². The fourth-order valence-electron chi connectivity index (χ4n) is 4.66. The van der Waals surface area contributed by atoms with Crippen molar-refractivity contribution in [2.24, 2.45) is 21.2 Å². The van der Waals surface area contributed by atoms with Crippen molar-refractivity contribution >= 4 is 15.9 Å². The Morgan fingerprint density at radius 2 is 1.52 bits per heavy atom. The van der Waals surface area contributed by atoms with Gasteiger partial charge in [-0.15, -0.1) is 0 Å². The van der Waals surface area contributed by atoms with E-state index < -0.39 is 10.0 Å². The maximum absolute atomic E-state index is 13.0. The maximum Gasteiger partial charge on any atom is 0.240 e. The smallest absolute Gasteiger partial charge is 0.240 e. The van der Waals surface area contributed by atoms with Gasteiger partial charge in [-0.25, -0.2) is 13.1 Å². The quantitative estimate of drug-likeness (QED) is 0.694. The summed E-state index contributed by atoms with van der Waals surface area (Å²) < 4.78 is 29.0. The molecule has 2 heterocycles. The van der Waals surface area contributed by atoms with E-state index in [1.807, 2.05) is 6.07 Å². The van der Waals surface area contributed by atoms with E-state index in [2.05, 4.69) is 71.9 Å². The number of nitrogens with zero attached hydrogens (tertiary/aromatic N) is 2. The number of sulfonamides is 1. The molecule has 0 aliphatic carbocycles. The summed E-state index contributed by atoms with van der Waals surface area (Å²) >= 11 is 0. The average Bonchev–Trinajstić information content (AvgIpc) is 3.00. The Morgan fingerprint density at radius 3 is 2.00 bits per heavy atom. The van der Waals surface area contributed by atoms with Crippen LogP contribution < -0.4 is 4.72 Å². The third-order valence-corrected chi connectivity index (χ3v) is 7.47. The molecule has 0 amide bonds. The van der Waals surface area contributed by atoms with Gasteiger partial charge in [0.25, 0.3) is 0 Å². The largest absolute Gasteiger partial charge is 0.332 e. The van der Waals surface area contributed by atoms with E-state index in [1.165, 1.54) is 11.3 Å². The molecular weight excluding hydrogens is 406 g/mol. The van der Waals surface area contributed by atoms with Gasteiger partial charge in [0.15, 0.2) is 0 Å². The number of amidine groups is 1. The minimum absolute atomic E-state index is 0.0279. The molecule has 1 N–H and O–H groups in total. The van der Waals surface area contributed by atoms with Crippen LogP contribution in [0.1, 0.15) is 68.7 Å². The molecule has 6 heteroatoms. The van der Waals surface area contributed by atoms with Gasteiger partial charge in [0.1, 0.15) is 5.84 Å². The average molecular weight is 446 g/mol. The summed E-state index contributed by atoms with van der Waals surface area (Å²) in [6, 6.07) is 8.50. The molecule has 0 spiro atoms. The first kappa shape index (κ1) is 24.0. The van der Waals surface area contributed by atoms with Crippen LogP contribution in [-0.4, -0.2) is 37.8 Å². The van der Waals surface area contributed by atoms with E-state index in [1.54, 1.807) is 24.3 Å². The third-order valence-electron chi connectivity index (χ3n) is 5.93. The molecule has 2 unspecified atom stereocenters. The van der Waals surface area contributed by atoms with Gasteiger partial charge in [0.2, 0.25) is 10.0 Å². The topological polar surface area (TPSA) is 61.8 Å². The van der Waals surface area contributed by atoms with Gasteiger partial charge in [-0.05, 0) is 28.5 Å². The summed E-state index contributed by atoms with van der Waals surface area (Å²) in [5.41, 5.74) is 2.35. The lowest BCUT2D eigenvalue weighted by Crippen LogP contribution is -2.47. The summed E-state index contributed by atoms with van der Waals surface area (Å²) in [6.45, 7) is 20.6. The Hall–Kier alpha value is -1.66. The first-order valence-electron chi connectivity index (χ1n) is 11.2. The summed E-state index contributed by atoms with van der Waals surface area (Å²) in [5, 5.41) is 0. The highest BCUT2D eigenvalue weighted by molar-refractivity contribution is 7.89. The van der Waals surface area contributed by atoms with Crippen molar-refractivity contribution in [3.8, 4) is 0 Å². The second-order valence-corrected chi connectivity index (χ2v) is 13.7. The van der Waals surface area contributed by atoms with Crippen LogP contribution in [0.4, 0.5) is 0 Å². The Bertz CT molecular complexity index is 988. The minimum Gasteiger partial charge on any atom is -0.332 e. The van der Waals surface area contributed by atoms with E-state index in [0.29, 0.717) is 17.9 Å². The Kier molecular flexibility index (Phi) is 5.98. The molecule has 5 nitrogen and oxygen atoms in total. The zero-order valence-corrected chi connectivity index (χ0v) is 21.4. The molecule has 172 valence electrons. The van der Waals surface area contributed by atoms with Crippen LogP contribution >= 0.6 is 0 Å². The van der Waals surface area contributed by atoms with Crippen molar-refractivity contribution in [1.29, 1.82) is 0 Å². The summed E-state index contributed by atoms with van der Waals surface area (Å²) in [5.74, 6) is 1.05. The van der Waals surface area contributed by atoms with Crippen molar-refractivity contribution in [1.82, 2.24) is 9.62 Å². The highest BCUT2D eigenvalue weighted by Gasteiger charge is 2.47. The molecule has 0 bridgehead atoms. The molecule has 1 aromatic carbocycles. The lowest BCUT2D eigenvalue weighted by molar-refractivity contribution is 0.285. The van der Waals surface area contributed by atoms with Crippen LogP contribution in [0.15, 0.2) is 51.5 Å². The zero-order chi connectivity index (χ0) is 23.4. The number of hydrogen-bond donors (Lipinski definition) is 1. The Morgan fingerprint density at radius 1 is 0.935 bits per heavy atom. The summed E-state index contributed by atoms with van der Waals surface area (Å²) in [4.78, 5) is 7.91. The molecular formula is C25H39N3O2S. The SMILES string of the molecule is CC(C)(C)C1=NC(C(C)(C)C)C(C(C)(C)C)=C2CC(NS(=O)(=O)c3ccccc3)CN12. The lowest BCUT2D eigenvalue weighted by Gasteiger charge is -2.45. The van der Waals surface area contributed by atoms with Crippen molar-refractivity contribution < 1.29 is 8.42 Å². The minimum atomic E-state index is -3.57. The van der Waals surface area contributed by atoms with Crippen molar-refractivity contribution in [2.75, 3.05) is 6.54 Å². The van der Waals surface area contributed by atoms with Crippen LogP contribution in [-0.2, 0) is 10.0 Å². The van der Waals surface area contributed by atoms with Gasteiger partial charge in [0.05, 0.1) is 10.9 Å². The number of hydrogen-bond acceptors (Lipinski definition) is 4. The van der Waals surface area contributed by atoms with Crippen LogP contribution in [0.5, 0.6) is 0 Å². The highest BCUT2D eigenvalue weighted by atomic mass is 32.2. The first-order chi connectivity index (χ1) is 14.0. The number of rotatable bonds is 3. The Labute approximate surface area is 189 Å². The highest BCUT2D eigenvalue weighted by Crippen LogP contribution is 2.47. The van der Waals surface area contributed by atoms with E-state index in [-0.39, 0.29) is 28.3 Å². The van der Waals surface area contributed by atoms with Crippen LogP contribution in [0.2, 0.25) is 0 Å².